The molecule has 0 aliphatic rings. The van der Waals surface area contributed by atoms with Gasteiger partial charge >= 0.3 is 11.9 Å². The van der Waals surface area contributed by atoms with Gasteiger partial charge in [0, 0.05) is 11.8 Å². The Morgan fingerprint density at radius 2 is 1.28 bits per heavy atom. The number of carbonyl (C=O) groups is 2. The third-order valence-electron chi connectivity index (χ3n) is 4.27. The van der Waals surface area contributed by atoms with E-state index in [9.17, 15) is 9.59 Å². The molecule has 0 fully saturated rings. The lowest BCUT2D eigenvalue weighted by atomic mass is 9.96. The van der Waals surface area contributed by atoms with Crippen molar-refractivity contribution in [2.75, 3.05) is 25.5 Å². The van der Waals surface area contributed by atoms with Crippen molar-refractivity contribution in [1.29, 1.82) is 0 Å². The minimum absolute atomic E-state index is 0.214. The zero-order valence-corrected chi connectivity index (χ0v) is 19.2. The van der Waals surface area contributed by atoms with Gasteiger partial charge in [0.05, 0.1) is 19.6 Å². The largest absolute Gasteiger partial charge is 0.465 e. The Bertz CT molecular complexity index is 723. The van der Waals surface area contributed by atoms with Crippen LogP contribution in [0.5, 0.6) is 0 Å². The summed E-state index contributed by atoms with van der Waals surface area (Å²) in [5.74, 6) is -0.440. The minimum Gasteiger partial charge on any atom is -0.465 e. The van der Waals surface area contributed by atoms with Gasteiger partial charge in [0.1, 0.15) is 0 Å². The molecule has 0 spiro atoms. The highest BCUT2D eigenvalue weighted by Crippen LogP contribution is 2.34. The lowest BCUT2D eigenvalue weighted by Gasteiger charge is -2.24. The third-order valence-corrected chi connectivity index (χ3v) is 7.07. The Labute approximate surface area is 177 Å². The fraction of sp³-hybridized carbons (Fsp3) is 0.391. The van der Waals surface area contributed by atoms with Crippen molar-refractivity contribution in [3.63, 3.8) is 0 Å². The van der Waals surface area contributed by atoms with Gasteiger partial charge in [-0.05, 0) is 30.9 Å². The first-order valence-corrected chi connectivity index (χ1v) is 12.1. The molecule has 1 atom stereocenters. The molecule has 0 bridgehead atoms. The van der Waals surface area contributed by atoms with E-state index in [1.54, 1.807) is 0 Å². The molecule has 29 heavy (non-hydrogen) atoms. The van der Waals surface area contributed by atoms with Crippen molar-refractivity contribution >= 4 is 39.7 Å². The van der Waals surface area contributed by atoms with Crippen LogP contribution in [0, 0.1) is 5.41 Å². The van der Waals surface area contributed by atoms with Crippen LogP contribution in [0.3, 0.4) is 0 Å². The second-order valence-corrected chi connectivity index (χ2v) is 10.5. The molecule has 2 aromatic carbocycles. The summed E-state index contributed by atoms with van der Waals surface area (Å²) >= 11 is 0. The van der Waals surface area contributed by atoms with Crippen LogP contribution in [-0.4, -0.2) is 37.5 Å². The van der Waals surface area contributed by atoms with Crippen LogP contribution in [0.25, 0.3) is 0 Å². The minimum atomic E-state index is -0.614. The summed E-state index contributed by atoms with van der Waals surface area (Å²) < 4.78 is 10.8. The van der Waals surface area contributed by atoms with E-state index in [1.807, 2.05) is 50.2 Å². The second kappa shape index (κ2) is 12.1. The molecular formula is C23H30O4P2. The van der Waals surface area contributed by atoms with Crippen molar-refractivity contribution in [3.05, 3.63) is 60.7 Å². The predicted molar refractivity (Wildman–Crippen MR) is 123 cm³/mol. The Morgan fingerprint density at radius 1 is 0.828 bits per heavy atom. The van der Waals surface area contributed by atoms with Crippen molar-refractivity contribution in [1.82, 2.24) is 0 Å². The number of carbonyl (C=O) groups excluding carboxylic acids is 2. The van der Waals surface area contributed by atoms with Gasteiger partial charge in [-0.15, -0.1) is 9.24 Å². The number of benzene rings is 2. The first-order chi connectivity index (χ1) is 13.9. The molecule has 0 heterocycles. The first-order valence-electron chi connectivity index (χ1n) is 9.80. The Morgan fingerprint density at radius 3 is 1.72 bits per heavy atom. The molecule has 0 saturated carbocycles. The molecular weight excluding hydrogens is 402 g/mol. The zero-order valence-electron chi connectivity index (χ0n) is 17.2. The SMILES string of the molecule is CC(C)(COC(=O)CCP)COC(=O)CCP(c1ccccc1)c1ccccc1. The summed E-state index contributed by atoms with van der Waals surface area (Å²) in [5.41, 5.74) is -0.407. The maximum Gasteiger partial charge on any atom is 0.306 e. The zero-order chi connectivity index (χ0) is 21.1. The van der Waals surface area contributed by atoms with Crippen LogP contribution < -0.4 is 10.6 Å². The van der Waals surface area contributed by atoms with Gasteiger partial charge in [-0.1, -0.05) is 74.5 Å². The van der Waals surface area contributed by atoms with E-state index >= 15 is 0 Å². The summed E-state index contributed by atoms with van der Waals surface area (Å²) in [4.78, 5) is 23.9. The van der Waals surface area contributed by atoms with Crippen LogP contribution in [0.15, 0.2) is 60.7 Å². The molecule has 2 rings (SSSR count). The van der Waals surface area contributed by atoms with Gasteiger partial charge < -0.3 is 9.47 Å². The van der Waals surface area contributed by atoms with E-state index in [0.29, 0.717) is 19.0 Å². The molecule has 0 aromatic heterocycles. The van der Waals surface area contributed by atoms with E-state index in [-0.39, 0.29) is 25.2 Å². The summed E-state index contributed by atoms with van der Waals surface area (Å²) in [6.45, 7) is 4.32. The number of hydrogen-bond acceptors (Lipinski definition) is 4. The quantitative estimate of drug-likeness (QED) is 0.399. The number of hydrogen-bond donors (Lipinski definition) is 0. The highest BCUT2D eigenvalue weighted by Gasteiger charge is 2.23. The highest BCUT2D eigenvalue weighted by atomic mass is 31.1. The van der Waals surface area contributed by atoms with Crippen LogP contribution in [0.2, 0.25) is 0 Å². The van der Waals surface area contributed by atoms with Crippen LogP contribution in [0.1, 0.15) is 26.7 Å². The average molecular weight is 432 g/mol. The number of esters is 2. The summed E-state index contributed by atoms with van der Waals surface area (Å²) in [6, 6.07) is 20.6. The molecule has 6 heteroatoms. The van der Waals surface area contributed by atoms with E-state index in [2.05, 4.69) is 33.5 Å². The van der Waals surface area contributed by atoms with Crippen molar-refractivity contribution < 1.29 is 19.1 Å². The normalized spacial score (nSPS) is 11.3. The van der Waals surface area contributed by atoms with Crippen LogP contribution in [0.4, 0.5) is 0 Å². The van der Waals surface area contributed by atoms with E-state index < -0.39 is 13.3 Å². The fourth-order valence-electron chi connectivity index (χ4n) is 2.68. The lowest BCUT2D eigenvalue weighted by Crippen LogP contribution is -2.29. The van der Waals surface area contributed by atoms with Crippen molar-refractivity contribution in [3.8, 4) is 0 Å². The monoisotopic (exact) mass is 432 g/mol. The van der Waals surface area contributed by atoms with Crippen LogP contribution in [-0.2, 0) is 19.1 Å². The van der Waals surface area contributed by atoms with Gasteiger partial charge in [0.15, 0.2) is 0 Å². The molecule has 0 N–H and O–H groups in total. The molecule has 2 aromatic rings. The van der Waals surface area contributed by atoms with Gasteiger partial charge in [-0.25, -0.2) is 0 Å². The van der Waals surface area contributed by atoms with Crippen LogP contribution >= 0.6 is 17.2 Å². The third kappa shape index (κ3) is 8.64. The highest BCUT2D eigenvalue weighted by molar-refractivity contribution is 7.73. The average Bonchev–Trinajstić information content (AvgIpc) is 2.73. The first kappa shape index (κ1) is 23.5. The van der Waals surface area contributed by atoms with Gasteiger partial charge in [0.25, 0.3) is 0 Å². The molecule has 156 valence electrons. The molecule has 0 aliphatic carbocycles. The number of rotatable bonds is 11. The molecule has 0 amide bonds. The molecule has 1 unspecified atom stereocenters. The maximum atomic E-state index is 12.4. The van der Waals surface area contributed by atoms with Crippen molar-refractivity contribution in [2.24, 2.45) is 5.41 Å². The summed E-state index contributed by atoms with van der Waals surface area (Å²) in [7, 11) is 1.89. The Hall–Kier alpha value is -1.76. The smallest absolute Gasteiger partial charge is 0.306 e. The maximum absolute atomic E-state index is 12.4. The van der Waals surface area contributed by atoms with E-state index in [4.69, 9.17) is 9.47 Å². The molecule has 4 nitrogen and oxygen atoms in total. The van der Waals surface area contributed by atoms with Crippen molar-refractivity contribution in [2.45, 2.75) is 26.7 Å². The lowest BCUT2D eigenvalue weighted by molar-refractivity contribution is -0.152. The van der Waals surface area contributed by atoms with E-state index in [0.717, 1.165) is 6.16 Å². The predicted octanol–water partition coefficient (Wildman–Crippen LogP) is 3.89. The molecule has 0 saturated heterocycles. The second-order valence-electron chi connectivity index (χ2n) is 7.60. The Balaban J connectivity index is 1.88. The molecule has 0 radical (unpaired) electrons. The van der Waals surface area contributed by atoms with Gasteiger partial charge in [-0.2, -0.15) is 0 Å². The summed E-state index contributed by atoms with van der Waals surface area (Å²) in [5, 5.41) is 2.51. The van der Waals surface area contributed by atoms with Gasteiger partial charge in [-0.3, -0.25) is 9.59 Å². The van der Waals surface area contributed by atoms with E-state index in [1.165, 1.54) is 10.6 Å². The fourth-order valence-corrected chi connectivity index (χ4v) is 5.20. The molecule has 0 aliphatic heterocycles. The standard InChI is InChI=1S/C23H30O4P2/c1-23(2,17-26-21(24)13-15-28)18-27-22(25)14-16-29(19-9-5-3-6-10-19)20-11-7-4-8-12-20/h3-12H,13-18,28H2,1-2H3. The summed E-state index contributed by atoms with van der Waals surface area (Å²) in [6.07, 6.45) is 2.16. The topological polar surface area (TPSA) is 52.6 Å². The number of ether oxygens (including phenoxy) is 2. The van der Waals surface area contributed by atoms with Gasteiger partial charge in [0.2, 0.25) is 0 Å². The Kier molecular flexibility index (Phi) is 9.78.